The topological polar surface area (TPSA) is 116 Å². The van der Waals surface area contributed by atoms with E-state index in [-0.39, 0.29) is 22.3 Å². The Kier molecular flexibility index (Phi) is 5.90. The lowest BCUT2D eigenvalue weighted by Crippen LogP contribution is -2.23. The predicted octanol–water partition coefficient (Wildman–Crippen LogP) is 3.65. The number of non-ortho nitro benzene ring substituents is 1. The zero-order valence-corrected chi connectivity index (χ0v) is 16.4. The third kappa shape index (κ3) is 4.46. The Balaban J connectivity index is 1.75. The highest BCUT2D eigenvalue weighted by molar-refractivity contribution is 8.00. The van der Waals surface area contributed by atoms with Gasteiger partial charge >= 0.3 is 0 Å². The van der Waals surface area contributed by atoms with Crippen LogP contribution in [0, 0.1) is 17.0 Å². The van der Waals surface area contributed by atoms with Gasteiger partial charge < -0.3 is 5.32 Å². The minimum Gasteiger partial charge on any atom is -0.324 e. The lowest BCUT2D eigenvalue weighted by molar-refractivity contribution is -0.384. The molecule has 0 bridgehead atoms. The Morgan fingerprint density at radius 1 is 1.32 bits per heavy atom. The number of aromatic nitrogens is 4. The summed E-state index contributed by atoms with van der Waals surface area (Å²) in [7, 11) is 0. The summed E-state index contributed by atoms with van der Waals surface area (Å²) >= 11 is 7.19. The van der Waals surface area contributed by atoms with Crippen molar-refractivity contribution in [2.75, 3.05) is 5.32 Å². The van der Waals surface area contributed by atoms with Crippen LogP contribution in [0.3, 0.4) is 0 Å². The molecule has 3 aromatic rings. The number of aryl methyl sites for hydroxylation is 1. The van der Waals surface area contributed by atoms with Gasteiger partial charge in [0, 0.05) is 12.1 Å². The van der Waals surface area contributed by atoms with Crippen LogP contribution in [0.15, 0.2) is 47.6 Å². The number of carbonyl (C=O) groups excluding carboxylic acids is 1. The van der Waals surface area contributed by atoms with Gasteiger partial charge in [0.15, 0.2) is 0 Å². The van der Waals surface area contributed by atoms with Gasteiger partial charge in [-0.05, 0) is 48.0 Å². The number of benzene rings is 2. The second kappa shape index (κ2) is 8.36. The van der Waals surface area contributed by atoms with Crippen LogP contribution in [-0.4, -0.2) is 36.3 Å². The van der Waals surface area contributed by atoms with Crippen molar-refractivity contribution < 1.29 is 9.72 Å². The van der Waals surface area contributed by atoms with E-state index in [9.17, 15) is 14.9 Å². The third-order valence-electron chi connectivity index (χ3n) is 3.76. The summed E-state index contributed by atoms with van der Waals surface area (Å²) in [6, 6.07) is 11.5. The van der Waals surface area contributed by atoms with E-state index in [1.165, 1.54) is 18.2 Å². The minimum absolute atomic E-state index is 0.164. The van der Waals surface area contributed by atoms with Crippen molar-refractivity contribution in [2.24, 2.45) is 0 Å². The van der Waals surface area contributed by atoms with E-state index in [4.69, 9.17) is 11.6 Å². The zero-order chi connectivity index (χ0) is 20.3. The van der Waals surface area contributed by atoms with Crippen LogP contribution in [0.2, 0.25) is 5.02 Å². The van der Waals surface area contributed by atoms with Crippen LogP contribution in [0.25, 0.3) is 5.69 Å². The normalized spacial score (nSPS) is 11.8. The molecule has 3 rings (SSSR count). The van der Waals surface area contributed by atoms with Crippen LogP contribution >= 0.6 is 23.4 Å². The number of amides is 1. The molecular formula is C17H15ClN6O3S. The first-order valence-corrected chi connectivity index (χ1v) is 9.38. The van der Waals surface area contributed by atoms with Gasteiger partial charge in [0.05, 0.1) is 26.6 Å². The molecule has 144 valence electrons. The van der Waals surface area contributed by atoms with E-state index < -0.39 is 10.2 Å². The van der Waals surface area contributed by atoms with Gasteiger partial charge in [0.1, 0.15) is 0 Å². The van der Waals surface area contributed by atoms with Crippen molar-refractivity contribution in [1.29, 1.82) is 0 Å². The fraction of sp³-hybridized carbons (Fsp3) is 0.176. The van der Waals surface area contributed by atoms with E-state index in [0.717, 1.165) is 23.0 Å². The maximum atomic E-state index is 12.5. The van der Waals surface area contributed by atoms with Crippen molar-refractivity contribution in [2.45, 2.75) is 24.3 Å². The molecule has 11 heteroatoms. The number of anilines is 1. The summed E-state index contributed by atoms with van der Waals surface area (Å²) in [5.74, 6) is -0.383. The number of nitrogens with zero attached hydrogens (tertiary/aromatic N) is 5. The molecule has 1 atom stereocenters. The summed E-state index contributed by atoms with van der Waals surface area (Å²) in [5, 5.41) is 25.2. The van der Waals surface area contributed by atoms with Gasteiger partial charge in [-0.2, -0.15) is 4.68 Å². The van der Waals surface area contributed by atoms with Gasteiger partial charge in [0.25, 0.3) is 5.69 Å². The molecule has 0 aliphatic rings. The SMILES string of the molecule is Cc1cccc(-n2nnnc2S[C@H](C)C(=O)Nc2cc([N+](=O)[O-])ccc2Cl)c1. The molecule has 0 fully saturated rings. The average molecular weight is 419 g/mol. The number of rotatable bonds is 6. The number of halogens is 1. The van der Waals surface area contributed by atoms with Crippen molar-refractivity contribution in [3.05, 3.63) is 63.2 Å². The molecule has 0 unspecified atom stereocenters. The van der Waals surface area contributed by atoms with Crippen LogP contribution in [0.4, 0.5) is 11.4 Å². The van der Waals surface area contributed by atoms with Crippen molar-refractivity contribution in [3.8, 4) is 5.69 Å². The van der Waals surface area contributed by atoms with Crippen molar-refractivity contribution in [3.63, 3.8) is 0 Å². The van der Waals surface area contributed by atoms with Crippen molar-refractivity contribution >= 4 is 40.6 Å². The Labute approximate surface area is 169 Å². The van der Waals surface area contributed by atoms with Gasteiger partial charge in [-0.25, -0.2) is 0 Å². The standard InChI is InChI=1S/C17H15ClN6O3S/c1-10-4-3-5-12(8-10)23-17(20-21-22-23)28-11(2)16(25)19-15-9-13(24(26)27)6-7-14(15)18/h3-9,11H,1-2H3,(H,19,25)/t11-/m1/s1. The second-order valence-electron chi connectivity index (χ2n) is 5.88. The summed E-state index contributed by atoms with van der Waals surface area (Å²) < 4.78 is 1.54. The van der Waals surface area contributed by atoms with Gasteiger partial charge in [-0.1, -0.05) is 35.5 Å². The minimum atomic E-state index is -0.579. The summed E-state index contributed by atoms with van der Waals surface area (Å²) in [4.78, 5) is 22.9. The molecule has 0 spiro atoms. The molecule has 1 aromatic heterocycles. The molecule has 0 aliphatic heterocycles. The third-order valence-corrected chi connectivity index (χ3v) is 5.12. The highest BCUT2D eigenvalue weighted by Crippen LogP contribution is 2.29. The van der Waals surface area contributed by atoms with Gasteiger partial charge in [-0.3, -0.25) is 14.9 Å². The van der Waals surface area contributed by atoms with Crippen LogP contribution < -0.4 is 5.32 Å². The molecule has 0 aliphatic carbocycles. The number of carbonyl (C=O) groups is 1. The average Bonchev–Trinajstić information content (AvgIpc) is 3.11. The molecule has 9 nitrogen and oxygen atoms in total. The maximum Gasteiger partial charge on any atom is 0.271 e. The number of nitro groups is 1. The quantitative estimate of drug-likeness (QED) is 0.369. The predicted molar refractivity (Wildman–Crippen MR) is 106 cm³/mol. The lowest BCUT2D eigenvalue weighted by Gasteiger charge is -2.12. The van der Waals surface area contributed by atoms with E-state index in [2.05, 4.69) is 20.8 Å². The number of nitro benzene ring substituents is 1. The molecule has 28 heavy (non-hydrogen) atoms. The van der Waals surface area contributed by atoms with E-state index >= 15 is 0 Å². The molecule has 2 aromatic carbocycles. The van der Waals surface area contributed by atoms with E-state index in [0.29, 0.717) is 5.16 Å². The first kappa shape index (κ1) is 19.8. The molecule has 0 saturated carbocycles. The highest BCUT2D eigenvalue weighted by Gasteiger charge is 2.21. The fourth-order valence-electron chi connectivity index (χ4n) is 2.34. The number of nitrogens with one attached hydrogen (secondary N) is 1. The van der Waals surface area contributed by atoms with Gasteiger partial charge in [0.2, 0.25) is 11.1 Å². The first-order chi connectivity index (χ1) is 13.3. The number of hydrogen-bond acceptors (Lipinski definition) is 7. The molecule has 1 N–H and O–H groups in total. The Hall–Kier alpha value is -2.98. The number of tetrazole rings is 1. The first-order valence-electron chi connectivity index (χ1n) is 8.12. The molecular weight excluding hydrogens is 404 g/mol. The monoisotopic (exact) mass is 418 g/mol. The highest BCUT2D eigenvalue weighted by atomic mass is 35.5. The van der Waals surface area contributed by atoms with E-state index in [1.807, 2.05) is 31.2 Å². The molecule has 0 saturated heterocycles. The summed E-state index contributed by atoms with van der Waals surface area (Å²) in [5.41, 5.74) is 1.84. The Bertz CT molecular complexity index is 1040. The molecule has 0 radical (unpaired) electrons. The maximum absolute atomic E-state index is 12.5. The zero-order valence-electron chi connectivity index (χ0n) is 14.9. The van der Waals surface area contributed by atoms with Crippen LogP contribution in [0.1, 0.15) is 12.5 Å². The van der Waals surface area contributed by atoms with E-state index in [1.54, 1.807) is 11.6 Å². The Morgan fingerprint density at radius 3 is 2.82 bits per heavy atom. The Morgan fingerprint density at radius 2 is 2.11 bits per heavy atom. The lowest BCUT2D eigenvalue weighted by atomic mass is 10.2. The largest absolute Gasteiger partial charge is 0.324 e. The summed E-state index contributed by atoms with van der Waals surface area (Å²) in [6.45, 7) is 3.64. The molecule has 1 heterocycles. The van der Waals surface area contributed by atoms with Crippen LogP contribution in [-0.2, 0) is 4.79 Å². The van der Waals surface area contributed by atoms with Gasteiger partial charge in [-0.15, -0.1) is 5.10 Å². The smallest absolute Gasteiger partial charge is 0.271 e. The van der Waals surface area contributed by atoms with Crippen molar-refractivity contribution in [1.82, 2.24) is 20.2 Å². The summed E-state index contributed by atoms with van der Waals surface area (Å²) in [6.07, 6.45) is 0. The van der Waals surface area contributed by atoms with Crippen LogP contribution in [0.5, 0.6) is 0 Å². The second-order valence-corrected chi connectivity index (χ2v) is 7.60. The molecule has 1 amide bonds. The fourth-order valence-corrected chi connectivity index (χ4v) is 3.32. The number of hydrogen-bond donors (Lipinski definition) is 1. The number of thioether (sulfide) groups is 1.